The van der Waals surface area contributed by atoms with Crippen molar-refractivity contribution in [2.24, 2.45) is 5.10 Å². The summed E-state index contributed by atoms with van der Waals surface area (Å²) >= 11 is 1.35. The fourth-order valence-corrected chi connectivity index (χ4v) is 2.46. The molecule has 0 fully saturated rings. The number of ether oxygens (including phenoxy) is 3. The van der Waals surface area contributed by atoms with E-state index in [1.807, 2.05) is 5.38 Å². The van der Waals surface area contributed by atoms with E-state index in [2.05, 4.69) is 10.5 Å². The van der Waals surface area contributed by atoms with Crippen molar-refractivity contribution >= 4 is 23.5 Å². The van der Waals surface area contributed by atoms with E-state index in [-0.39, 0.29) is 5.91 Å². The topological polar surface area (TPSA) is 69.2 Å². The van der Waals surface area contributed by atoms with E-state index in [9.17, 15) is 4.79 Å². The van der Waals surface area contributed by atoms with Gasteiger partial charge in [-0.3, -0.25) is 4.79 Å². The lowest BCUT2D eigenvalue weighted by Gasteiger charge is -2.13. The zero-order valence-electron chi connectivity index (χ0n) is 12.5. The number of carbonyl (C=O) groups excluding carboxylic acids is 1. The van der Waals surface area contributed by atoms with Crippen LogP contribution in [0.3, 0.4) is 0 Å². The van der Waals surface area contributed by atoms with Gasteiger partial charge in [0.05, 0.1) is 32.4 Å². The van der Waals surface area contributed by atoms with Gasteiger partial charge in [-0.25, -0.2) is 5.43 Å². The normalized spacial score (nSPS) is 10.5. The van der Waals surface area contributed by atoms with Crippen LogP contribution in [-0.2, 0) is 0 Å². The Bertz CT molecular complexity index is 668. The van der Waals surface area contributed by atoms with Gasteiger partial charge < -0.3 is 14.2 Å². The fraction of sp³-hybridized carbons (Fsp3) is 0.200. The second-order valence-corrected chi connectivity index (χ2v) is 5.05. The number of nitrogens with one attached hydrogen (secondary N) is 1. The molecule has 0 saturated heterocycles. The molecular formula is C15H16N2O4S. The maximum absolute atomic E-state index is 11.8. The number of amides is 1. The molecule has 22 heavy (non-hydrogen) atoms. The molecule has 6 nitrogen and oxygen atoms in total. The van der Waals surface area contributed by atoms with Gasteiger partial charge in [-0.05, 0) is 23.6 Å². The van der Waals surface area contributed by atoms with Crippen molar-refractivity contribution in [1.29, 1.82) is 0 Å². The predicted molar refractivity (Wildman–Crippen MR) is 85.5 cm³/mol. The Balaban J connectivity index is 2.18. The summed E-state index contributed by atoms with van der Waals surface area (Å²) in [4.78, 5) is 12.4. The van der Waals surface area contributed by atoms with Crippen LogP contribution in [0, 0.1) is 0 Å². The molecule has 0 aliphatic rings. The molecule has 1 N–H and O–H groups in total. The van der Waals surface area contributed by atoms with Gasteiger partial charge in [-0.15, -0.1) is 11.3 Å². The third kappa shape index (κ3) is 3.37. The molecule has 1 aromatic heterocycles. The van der Waals surface area contributed by atoms with Crippen LogP contribution >= 0.6 is 11.3 Å². The summed E-state index contributed by atoms with van der Waals surface area (Å²) in [6, 6.07) is 7.04. The van der Waals surface area contributed by atoms with Gasteiger partial charge in [0.15, 0.2) is 11.5 Å². The number of hydrazone groups is 1. The first kappa shape index (κ1) is 15.8. The van der Waals surface area contributed by atoms with Crippen molar-refractivity contribution < 1.29 is 19.0 Å². The van der Waals surface area contributed by atoms with Crippen molar-refractivity contribution in [3.8, 4) is 17.2 Å². The Kier molecular flexibility index (Phi) is 5.37. The second kappa shape index (κ2) is 7.46. The van der Waals surface area contributed by atoms with Crippen LogP contribution in [0.4, 0.5) is 0 Å². The molecule has 1 heterocycles. The third-order valence-corrected chi connectivity index (χ3v) is 3.72. The van der Waals surface area contributed by atoms with Crippen molar-refractivity contribution in [3.05, 3.63) is 40.1 Å². The molecule has 116 valence electrons. The highest BCUT2D eigenvalue weighted by molar-refractivity contribution is 7.12. The summed E-state index contributed by atoms with van der Waals surface area (Å²) in [5.41, 5.74) is 3.12. The SMILES string of the molecule is COc1ccc(C=NNC(=O)c2cccs2)c(OC)c1OC. The maximum atomic E-state index is 11.8. The summed E-state index contributed by atoms with van der Waals surface area (Å²) in [5, 5.41) is 5.77. The smallest absolute Gasteiger partial charge is 0.281 e. The molecule has 1 aromatic carbocycles. The molecule has 0 atom stereocenters. The van der Waals surface area contributed by atoms with Crippen LogP contribution in [0.1, 0.15) is 15.2 Å². The monoisotopic (exact) mass is 320 g/mol. The van der Waals surface area contributed by atoms with Crippen LogP contribution in [0.5, 0.6) is 17.2 Å². The lowest BCUT2D eigenvalue weighted by Crippen LogP contribution is -2.16. The molecular weight excluding hydrogens is 304 g/mol. The minimum Gasteiger partial charge on any atom is -0.493 e. The summed E-state index contributed by atoms with van der Waals surface area (Å²) in [7, 11) is 4.60. The molecule has 0 unspecified atom stereocenters. The van der Waals surface area contributed by atoms with Crippen molar-refractivity contribution in [1.82, 2.24) is 5.43 Å². The van der Waals surface area contributed by atoms with Gasteiger partial charge in [-0.1, -0.05) is 6.07 Å². The Morgan fingerprint density at radius 3 is 2.50 bits per heavy atom. The molecule has 2 rings (SSSR count). The van der Waals surface area contributed by atoms with E-state index in [4.69, 9.17) is 14.2 Å². The number of thiophene rings is 1. The molecule has 7 heteroatoms. The highest BCUT2D eigenvalue weighted by Gasteiger charge is 2.14. The molecule has 1 amide bonds. The Morgan fingerprint density at radius 1 is 1.14 bits per heavy atom. The lowest BCUT2D eigenvalue weighted by molar-refractivity contribution is 0.0959. The molecule has 0 saturated carbocycles. The van der Waals surface area contributed by atoms with Crippen molar-refractivity contribution in [2.45, 2.75) is 0 Å². The number of benzene rings is 1. The number of methoxy groups -OCH3 is 3. The zero-order chi connectivity index (χ0) is 15.9. The van der Waals surface area contributed by atoms with Gasteiger partial charge in [0.25, 0.3) is 5.91 Å². The first-order chi connectivity index (χ1) is 10.7. The number of nitrogens with zero attached hydrogens (tertiary/aromatic N) is 1. The van der Waals surface area contributed by atoms with Gasteiger partial charge in [0.1, 0.15) is 0 Å². The molecule has 0 radical (unpaired) electrons. The molecule has 0 aliphatic carbocycles. The first-order valence-electron chi connectivity index (χ1n) is 6.37. The highest BCUT2D eigenvalue weighted by Crippen LogP contribution is 2.38. The summed E-state index contributed by atoms with van der Waals surface area (Å²) in [6.07, 6.45) is 1.49. The average Bonchev–Trinajstić information content (AvgIpc) is 3.08. The summed E-state index contributed by atoms with van der Waals surface area (Å²) in [5.74, 6) is 1.25. The predicted octanol–water partition coefficient (Wildman–Crippen LogP) is 2.54. The van der Waals surface area contributed by atoms with E-state index in [0.29, 0.717) is 27.7 Å². The molecule has 2 aromatic rings. The third-order valence-electron chi connectivity index (χ3n) is 2.85. The first-order valence-corrected chi connectivity index (χ1v) is 7.25. The maximum Gasteiger partial charge on any atom is 0.281 e. The Labute approximate surface area is 132 Å². The molecule has 0 bridgehead atoms. The number of rotatable bonds is 6. The van der Waals surface area contributed by atoms with Gasteiger partial charge in [0.2, 0.25) is 5.75 Å². The van der Waals surface area contributed by atoms with Crippen molar-refractivity contribution in [3.63, 3.8) is 0 Å². The van der Waals surface area contributed by atoms with E-state index in [0.717, 1.165) is 0 Å². The Morgan fingerprint density at radius 2 is 1.91 bits per heavy atom. The van der Waals surface area contributed by atoms with Crippen molar-refractivity contribution in [2.75, 3.05) is 21.3 Å². The quantitative estimate of drug-likeness (QED) is 0.656. The highest BCUT2D eigenvalue weighted by atomic mass is 32.1. The van der Waals surface area contributed by atoms with Crippen LogP contribution in [-0.4, -0.2) is 33.5 Å². The van der Waals surface area contributed by atoms with E-state index in [1.165, 1.54) is 31.8 Å². The van der Waals surface area contributed by atoms with Crippen LogP contribution in [0.2, 0.25) is 0 Å². The molecule has 0 spiro atoms. The summed E-state index contributed by atoms with van der Waals surface area (Å²) < 4.78 is 15.8. The van der Waals surface area contributed by atoms with Crippen LogP contribution in [0.25, 0.3) is 0 Å². The molecule has 0 aliphatic heterocycles. The minimum absolute atomic E-state index is 0.259. The standard InChI is InChI=1S/C15H16N2O4S/c1-19-11-7-6-10(13(20-2)14(11)21-3)9-16-17-15(18)12-5-4-8-22-12/h4-9H,1-3H3,(H,17,18). The van der Waals surface area contributed by atoms with Gasteiger partial charge in [-0.2, -0.15) is 5.10 Å². The van der Waals surface area contributed by atoms with Gasteiger partial charge >= 0.3 is 0 Å². The zero-order valence-corrected chi connectivity index (χ0v) is 13.3. The average molecular weight is 320 g/mol. The largest absolute Gasteiger partial charge is 0.493 e. The Hall–Kier alpha value is -2.54. The fourth-order valence-electron chi connectivity index (χ4n) is 1.85. The summed E-state index contributed by atoms with van der Waals surface area (Å²) in [6.45, 7) is 0. The van der Waals surface area contributed by atoms with E-state index < -0.39 is 0 Å². The second-order valence-electron chi connectivity index (χ2n) is 4.10. The van der Waals surface area contributed by atoms with Gasteiger partial charge in [0, 0.05) is 5.56 Å². The minimum atomic E-state index is -0.259. The number of carbonyl (C=O) groups is 1. The van der Waals surface area contributed by atoms with E-state index in [1.54, 1.807) is 31.4 Å². The number of hydrogen-bond acceptors (Lipinski definition) is 6. The van der Waals surface area contributed by atoms with Crippen LogP contribution < -0.4 is 19.6 Å². The van der Waals surface area contributed by atoms with E-state index >= 15 is 0 Å². The lowest BCUT2D eigenvalue weighted by atomic mass is 10.2. The number of hydrogen-bond donors (Lipinski definition) is 1. The van der Waals surface area contributed by atoms with Crippen LogP contribution in [0.15, 0.2) is 34.7 Å².